The van der Waals surface area contributed by atoms with Crippen LogP contribution in [0, 0.1) is 6.92 Å². The molecule has 0 fully saturated rings. The highest BCUT2D eigenvalue weighted by atomic mass is 79.9. The van der Waals surface area contributed by atoms with Crippen LogP contribution in [-0.2, 0) is 6.54 Å². The summed E-state index contributed by atoms with van der Waals surface area (Å²) >= 11 is 9.51. The molecule has 0 aliphatic carbocycles. The predicted octanol–water partition coefficient (Wildman–Crippen LogP) is 5.07. The first-order valence-corrected chi connectivity index (χ1v) is 7.99. The van der Waals surface area contributed by atoms with E-state index in [0.29, 0.717) is 23.7 Å². The molecule has 2 nitrogen and oxygen atoms in total. The molecule has 21 heavy (non-hydrogen) atoms. The van der Waals surface area contributed by atoms with Gasteiger partial charge < -0.3 is 4.90 Å². The maximum absolute atomic E-state index is 12.7. The highest BCUT2D eigenvalue weighted by Gasteiger charge is 2.18. The van der Waals surface area contributed by atoms with Gasteiger partial charge >= 0.3 is 0 Å². The molecule has 0 unspecified atom stereocenters. The third kappa shape index (κ3) is 3.86. The molecule has 2 rings (SSSR count). The minimum absolute atomic E-state index is 0.0213. The van der Waals surface area contributed by atoms with Crippen LogP contribution in [0.3, 0.4) is 0 Å². The van der Waals surface area contributed by atoms with Gasteiger partial charge in [-0.25, -0.2) is 0 Å². The Kier molecular flexibility index (Phi) is 5.43. The number of carbonyl (C=O) groups excluding carboxylic acids is 1. The second-order valence-electron chi connectivity index (χ2n) is 4.89. The predicted molar refractivity (Wildman–Crippen MR) is 90.7 cm³/mol. The molecule has 0 heterocycles. The summed E-state index contributed by atoms with van der Waals surface area (Å²) < 4.78 is 0.861. The van der Waals surface area contributed by atoms with Gasteiger partial charge in [0.05, 0.1) is 5.56 Å². The summed E-state index contributed by atoms with van der Waals surface area (Å²) in [6.45, 7) is 5.16. The van der Waals surface area contributed by atoms with E-state index in [-0.39, 0.29) is 5.91 Å². The highest BCUT2D eigenvalue weighted by Crippen LogP contribution is 2.23. The van der Waals surface area contributed by atoms with Crippen molar-refractivity contribution in [3.63, 3.8) is 0 Å². The number of halogens is 2. The first-order valence-electron chi connectivity index (χ1n) is 6.81. The van der Waals surface area contributed by atoms with Gasteiger partial charge in [0.15, 0.2) is 0 Å². The number of benzene rings is 2. The molecule has 2 aromatic rings. The number of hydrogen-bond donors (Lipinski definition) is 0. The molecule has 0 saturated heterocycles. The maximum Gasteiger partial charge on any atom is 0.255 e. The van der Waals surface area contributed by atoms with Gasteiger partial charge in [-0.05, 0) is 59.1 Å². The Labute approximate surface area is 138 Å². The van der Waals surface area contributed by atoms with Crippen molar-refractivity contribution in [2.24, 2.45) is 0 Å². The second kappa shape index (κ2) is 7.10. The second-order valence-corrected chi connectivity index (χ2v) is 6.12. The van der Waals surface area contributed by atoms with E-state index >= 15 is 0 Å². The quantitative estimate of drug-likeness (QED) is 0.739. The first-order chi connectivity index (χ1) is 10.0. The van der Waals surface area contributed by atoms with Gasteiger partial charge in [0.1, 0.15) is 0 Å². The molecule has 0 saturated carbocycles. The molecule has 4 heteroatoms. The minimum atomic E-state index is 0.0213. The third-order valence-electron chi connectivity index (χ3n) is 3.35. The van der Waals surface area contributed by atoms with Gasteiger partial charge in [-0.3, -0.25) is 4.79 Å². The van der Waals surface area contributed by atoms with E-state index < -0.39 is 0 Å². The molecular formula is C17H17BrClNO. The van der Waals surface area contributed by atoms with Crippen LogP contribution in [0.15, 0.2) is 46.9 Å². The number of aryl methyl sites for hydroxylation is 1. The summed E-state index contributed by atoms with van der Waals surface area (Å²) in [5.41, 5.74) is 2.78. The molecular weight excluding hydrogens is 350 g/mol. The maximum atomic E-state index is 12.7. The third-order valence-corrected chi connectivity index (χ3v) is 4.64. The van der Waals surface area contributed by atoms with Crippen molar-refractivity contribution in [2.75, 3.05) is 6.54 Å². The monoisotopic (exact) mass is 365 g/mol. The lowest BCUT2D eigenvalue weighted by atomic mass is 10.1. The summed E-state index contributed by atoms with van der Waals surface area (Å²) in [7, 11) is 0. The summed E-state index contributed by atoms with van der Waals surface area (Å²) in [6.07, 6.45) is 0. The molecule has 0 atom stereocenters. The van der Waals surface area contributed by atoms with Gasteiger partial charge in [-0.15, -0.1) is 0 Å². The number of rotatable bonds is 4. The molecule has 0 spiro atoms. The lowest BCUT2D eigenvalue weighted by Gasteiger charge is -2.22. The van der Waals surface area contributed by atoms with Crippen LogP contribution in [0.5, 0.6) is 0 Å². The number of hydrogen-bond acceptors (Lipinski definition) is 1. The Balaban J connectivity index is 2.25. The van der Waals surface area contributed by atoms with Crippen molar-refractivity contribution < 1.29 is 4.79 Å². The van der Waals surface area contributed by atoms with E-state index in [1.54, 1.807) is 0 Å². The van der Waals surface area contributed by atoms with Crippen molar-refractivity contribution in [3.8, 4) is 0 Å². The molecule has 0 bridgehead atoms. The zero-order chi connectivity index (χ0) is 15.4. The number of carbonyl (C=O) groups is 1. The Morgan fingerprint density at radius 2 is 1.95 bits per heavy atom. The zero-order valence-electron chi connectivity index (χ0n) is 12.1. The van der Waals surface area contributed by atoms with Crippen LogP contribution >= 0.6 is 27.5 Å². The van der Waals surface area contributed by atoms with Gasteiger partial charge in [-0.1, -0.05) is 35.9 Å². The van der Waals surface area contributed by atoms with Crippen molar-refractivity contribution in [3.05, 3.63) is 68.7 Å². The molecule has 0 radical (unpaired) electrons. The van der Waals surface area contributed by atoms with E-state index in [1.807, 2.05) is 61.2 Å². The SMILES string of the molecule is CCN(Cc1cccc(Cl)c1)C(=O)c1cccc(C)c1Br. The fourth-order valence-corrected chi connectivity index (χ4v) is 2.81. The molecule has 2 aromatic carbocycles. The fraction of sp³-hybridized carbons (Fsp3) is 0.235. The Hall–Kier alpha value is -1.32. The topological polar surface area (TPSA) is 20.3 Å². The lowest BCUT2D eigenvalue weighted by Crippen LogP contribution is -2.30. The fourth-order valence-electron chi connectivity index (χ4n) is 2.17. The van der Waals surface area contributed by atoms with Gasteiger partial charge in [0.2, 0.25) is 0 Å². The van der Waals surface area contributed by atoms with Gasteiger partial charge in [0.25, 0.3) is 5.91 Å². The van der Waals surface area contributed by atoms with Crippen molar-refractivity contribution in [2.45, 2.75) is 20.4 Å². The normalized spacial score (nSPS) is 10.5. The number of nitrogens with zero attached hydrogens (tertiary/aromatic N) is 1. The molecule has 0 aliphatic heterocycles. The van der Waals surface area contributed by atoms with Crippen molar-refractivity contribution in [1.29, 1.82) is 0 Å². The molecule has 0 aromatic heterocycles. The van der Waals surface area contributed by atoms with Crippen LogP contribution in [-0.4, -0.2) is 17.4 Å². The summed E-state index contributed by atoms with van der Waals surface area (Å²) in [5.74, 6) is 0.0213. The van der Waals surface area contributed by atoms with Gasteiger partial charge in [0, 0.05) is 22.6 Å². The summed E-state index contributed by atoms with van der Waals surface area (Å²) in [4.78, 5) is 14.5. The average molecular weight is 367 g/mol. The van der Waals surface area contributed by atoms with E-state index in [0.717, 1.165) is 15.6 Å². The smallest absolute Gasteiger partial charge is 0.255 e. The zero-order valence-corrected chi connectivity index (χ0v) is 14.4. The van der Waals surface area contributed by atoms with Crippen LogP contribution in [0.4, 0.5) is 0 Å². The van der Waals surface area contributed by atoms with Crippen molar-refractivity contribution >= 4 is 33.4 Å². The molecule has 0 aliphatic rings. The summed E-state index contributed by atoms with van der Waals surface area (Å²) in [5, 5.41) is 0.688. The van der Waals surface area contributed by atoms with Crippen LogP contribution < -0.4 is 0 Å². The van der Waals surface area contributed by atoms with E-state index in [1.165, 1.54) is 0 Å². The summed E-state index contributed by atoms with van der Waals surface area (Å²) in [6, 6.07) is 13.3. The Morgan fingerprint density at radius 3 is 2.62 bits per heavy atom. The molecule has 1 amide bonds. The van der Waals surface area contributed by atoms with Gasteiger partial charge in [-0.2, -0.15) is 0 Å². The lowest BCUT2D eigenvalue weighted by molar-refractivity contribution is 0.0751. The van der Waals surface area contributed by atoms with Crippen molar-refractivity contribution in [1.82, 2.24) is 4.90 Å². The van der Waals surface area contributed by atoms with Crippen LogP contribution in [0.2, 0.25) is 5.02 Å². The Morgan fingerprint density at radius 1 is 1.24 bits per heavy atom. The minimum Gasteiger partial charge on any atom is -0.335 e. The highest BCUT2D eigenvalue weighted by molar-refractivity contribution is 9.10. The van der Waals surface area contributed by atoms with Crippen LogP contribution in [0.25, 0.3) is 0 Å². The number of amides is 1. The molecule has 0 N–H and O–H groups in total. The van der Waals surface area contributed by atoms with Crippen LogP contribution in [0.1, 0.15) is 28.4 Å². The average Bonchev–Trinajstić information content (AvgIpc) is 2.47. The first kappa shape index (κ1) is 16.1. The van der Waals surface area contributed by atoms with E-state index in [9.17, 15) is 4.79 Å². The van der Waals surface area contributed by atoms with E-state index in [4.69, 9.17) is 11.6 Å². The van der Waals surface area contributed by atoms with E-state index in [2.05, 4.69) is 15.9 Å². The standard InChI is InChI=1S/C17H17BrClNO/c1-3-20(11-13-7-5-8-14(19)10-13)17(21)15-9-4-6-12(2)16(15)18/h4-10H,3,11H2,1-2H3. The largest absolute Gasteiger partial charge is 0.335 e. The molecule has 110 valence electrons. The Bertz CT molecular complexity index is 657.